The Morgan fingerprint density at radius 2 is 1.82 bits per heavy atom. The highest BCUT2D eigenvalue weighted by Gasteiger charge is 2.31. The van der Waals surface area contributed by atoms with Crippen molar-refractivity contribution in [2.24, 2.45) is 10.2 Å². The van der Waals surface area contributed by atoms with Crippen LogP contribution >= 0.6 is 0 Å². The average molecular weight is 510 g/mol. The van der Waals surface area contributed by atoms with Crippen molar-refractivity contribution in [2.45, 2.75) is 20.8 Å². The third-order valence-electron chi connectivity index (χ3n) is 6.47. The second-order valence-corrected chi connectivity index (χ2v) is 8.94. The number of hydrogen-bond donors (Lipinski definition) is 4. The molecule has 38 heavy (non-hydrogen) atoms. The van der Waals surface area contributed by atoms with E-state index in [2.05, 4.69) is 20.6 Å². The van der Waals surface area contributed by atoms with Crippen LogP contribution in [0.2, 0.25) is 0 Å². The first kappa shape index (κ1) is 24.4. The molecule has 0 spiro atoms. The Labute approximate surface area is 216 Å². The number of phenols is 1. The van der Waals surface area contributed by atoms with E-state index in [0.29, 0.717) is 28.0 Å². The summed E-state index contributed by atoms with van der Waals surface area (Å²) in [5, 5.41) is 30.2. The number of fused-ring (bicyclic) bond motifs is 1. The molecule has 4 aromatic rings. The van der Waals surface area contributed by atoms with Gasteiger partial charge in [-0.15, -0.1) is 0 Å². The lowest BCUT2D eigenvalue weighted by molar-refractivity contribution is -0.112. The molecule has 190 valence electrons. The molecule has 0 saturated heterocycles. The summed E-state index contributed by atoms with van der Waals surface area (Å²) < 4.78 is 0. The van der Waals surface area contributed by atoms with Crippen LogP contribution in [0.1, 0.15) is 28.4 Å². The minimum atomic E-state index is -1.31. The highest BCUT2D eigenvalue weighted by Crippen LogP contribution is 2.36. The summed E-state index contributed by atoms with van der Waals surface area (Å²) in [7, 11) is 0. The number of hydrogen-bond acceptors (Lipinski definition) is 7. The van der Waals surface area contributed by atoms with Crippen LogP contribution in [0.5, 0.6) is 5.75 Å². The van der Waals surface area contributed by atoms with Gasteiger partial charge in [0.2, 0.25) is 5.43 Å². The van der Waals surface area contributed by atoms with Crippen LogP contribution in [0.15, 0.2) is 75.8 Å². The van der Waals surface area contributed by atoms with E-state index < -0.39 is 17.3 Å². The van der Waals surface area contributed by atoms with Crippen LogP contribution in [0.4, 0.5) is 11.4 Å². The monoisotopic (exact) mass is 509 g/mol. The summed E-state index contributed by atoms with van der Waals surface area (Å²) in [6, 6.07) is 15.4. The van der Waals surface area contributed by atoms with Gasteiger partial charge in [-0.2, -0.15) is 15.2 Å². The molecule has 1 amide bonds. The summed E-state index contributed by atoms with van der Waals surface area (Å²) in [6.07, 6.45) is 1.15. The Balaban J connectivity index is 1.44. The van der Waals surface area contributed by atoms with Crippen molar-refractivity contribution in [1.82, 2.24) is 4.98 Å². The molecule has 4 N–H and O–H groups in total. The molecule has 5 rings (SSSR count). The zero-order valence-electron chi connectivity index (χ0n) is 20.7. The number of carbonyl (C=O) groups is 2. The summed E-state index contributed by atoms with van der Waals surface area (Å²) in [5.74, 6) is -1.83. The number of anilines is 2. The van der Waals surface area contributed by atoms with E-state index in [1.807, 2.05) is 32.0 Å². The van der Waals surface area contributed by atoms with E-state index in [1.165, 1.54) is 11.1 Å². The number of aromatic hydroxyl groups is 1. The van der Waals surface area contributed by atoms with Gasteiger partial charge >= 0.3 is 11.9 Å². The normalized spacial score (nSPS) is 14.3. The number of pyridine rings is 1. The number of aromatic carboxylic acids is 1. The first-order valence-electron chi connectivity index (χ1n) is 11.7. The number of para-hydroxylation sites is 1. The molecular weight excluding hydrogens is 486 g/mol. The van der Waals surface area contributed by atoms with E-state index in [1.54, 1.807) is 37.3 Å². The summed E-state index contributed by atoms with van der Waals surface area (Å²) in [6.45, 7) is 5.63. The van der Waals surface area contributed by atoms with Crippen LogP contribution in [0.25, 0.3) is 22.0 Å². The number of rotatable bonds is 5. The zero-order valence-corrected chi connectivity index (χ0v) is 20.7. The summed E-state index contributed by atoms with van der Waals surface area (Å²) in [5.41, 5.74) is 6.85. The van der Waals surface area contributed by atoms with Crippen LogP contribution in [-0.4, -0.2) is 38.5 Å². The van der Waals surface area contributed by atoms with Gasteiger partial charge in [0, 0.05) is 22.7 Å². The number of carboxylic acid groups (broad SMARTS) is 1. The van der Waals surface area contributed by atoms with Crippen molar-refractivity contribution >= 4 is 45.6 Å². The number of aryl methyl sites for hydroxylation is 2. The molecule has 10 nitrogen and oxygen atoms in total. The molecular formula is C28H23N5O5. The summed E-state index contributed by atoms with van der Waals surface area (Å²) in [4.78, 5) is 39.5. The molecule has 0 saturated carbocycles. The smallest absolute Gasteiger partial charge is 0.341 e. The van der Waals surface area contributed by atoms with Gasteiger partial charge in [-0.1, -0.05) is 24.3 Å². The van der Waals surface area contributed by atoms with Gasteiger partial charge in [-0.3, -0.25) is 15.0 Å². The lowest BCUT2D eigenvalue weighted by atomic mass is 10.0. The Morgan fingerprint density at radius 3 is 2.55 bits per heavy atom. The predicted molar refractivity (Wildman–Crippen MR) is 146 cm³/mol. The standard InChI is InChI=1S/C28H23N5O5/c1-14-7-9-18(11-15(14)2)33-27(36)24(16(3)32-33)31-30-22-6-4-5-19(26(22)35)17-8-10-20-23(12-17)29-13-21(25(20)34)28(37)38/h4-13,30,35H,1-3H3,(H,29,34)(H,37,38). The van der Waals surface area contributed by atoms with Gasteiger partial charge < -0.3 is 15.2 Å². The maximum Gasteiger partial charge on any atom is 0.341 e. The van der Waals surface area contributed by atoms with E-state index in [0.717, 1.165) is 17.3 Å². The maximum atomic E-state index is 13.0. The van der Waals surface area contributed by atoms with Gasteiger partial charge in [0.05, 0.1) is 17.1 Å². The number of aromatic nitrogens is 1. The molecule has 1 aromatic heterocycles. The number of aromatic amines is 1. The fourth-order valence-corrected chi connectivity index (χ4v) is 4.19. The van der Waals surface area contributed by atoms with Crippen molar-refractivity contribution < 1.29 is 19.8 Å². The van der Waals surface area contributed by atoms with Crippen molar-refractivity contribution in [3.63, 3.8) is 0 Å². The topological polar surface area (TPSA) is 147 Å². The van der Waals surface area contributed by atoms with Gasteiger partial charge in [-0.05, 0) is 67.8 Å². The number of benzene rings is 3. The Morgan fingerprint density at radius 1 is 1.03 bits per heavy atom. The van der Waals surface area contributed by atoms with Gasteiger partial charge in [0.25, 0.3) is 0 Å². The fourth-order valence-electron chi connectivity index (χ4n) is 4.19. The van der Waals surface area contributed by atoms with Crippen LogP contribution in [-0.2, 0) is 4.79 Å². The first-order valence-corrected chi connectivity index (χ1v) is 11.7. The molecule has 3 aromatic carbocycles. The number of nitrogens with zero attached hydrogens (tertiary/aromatic N) is 3. The van der Waals surface area contributed by atoms with Crippen LogP contribution < -0.4 is 15.9 Å². The molecule has 0 fully saturated rings. The Hall–Kier alpha value is -5.25. The van der Waals surface area contributed by atoms with Crippen LogP contribution in [0.3, 0.4) is 0 Å². The molecule has 10 heteroatoms. The molecule has 1 aliphatic heterocycles. The lowest BCUT2D eigenvalue weighted by Crippen LogP contribution is -2.28. The molecule has 1 aliphatic rings. The van der Waals surface area contributed by atoms with Crippen molar-refractivity contribution in [3.05, 3.63) is 87.7 Å². The summed E-state index contributed by atoms with van der Waals surface area (Å²) >= 11 is 0. The molecule has 2 heterocycles. The molecule has 0 bridgehead atoms. The minimum Gasteiger partial charge on any atom is -0.505 e. The highest BCUT2D eigenvalue weighted by molar-refractivity contribution is 6.71. The van der Waals surface area contributed by atoms with E-state index in [9.17, 15) is 24.6 Å². The second-order valence-electron chi connectivity index (χ2n) is 8.94. The number of H-pyrrole nitrogens is 1. The molecule has 0 atom stereocenters. The number of amides is 1. The minimum absolute atomic E-state index is 0.116. The van der Waals surface area contributed by atoms with E-state index >= 15 is 0 Å². The lowest BCUT2D eigenvalue weighted by Gasteiger charge is -2.13. The third kappa shape index (κ3) is 4.17. The number of carbonyl (C=O) groups excluding carboxylic acids is 1. The largest absolute Gasteiger partial charge is 0.505 e. The Bertz CT molecular complexity index is 1770. The highest BCUT2D eigenvalue weighted by atomic mass is 16.4. The quantitative estimate of drug-likeness (QED) is 0.231. The number of nitrogens with one attached hydrogen (secondary N) is 2. The van der Waals surface area contributed by atoms with Crippen molar-refractivity contribution in [3.8, 4) is 16.9 Å². The number of hydrazone groups is 2. The van der Waals surface area contributed by atoms with Gasteiger partial charge in [0.1, 0.15) is 11.3 Å². The van der Waals surface area contributed by atoms with E-state index in [4.69, 9.17) is 0 Å². The molecule has 0 unspecified atom stereocenters. The fraction of sp³-hybridized carbons (Fsp3) is 0.107. The van der Waals surface area contributed by atoms with E-state index in [-0.39, 0.29) is 28.1 Å². The zero-order chi connectivity index (χ0) is 27.1. The average Bonchev–Trinajstić information content (AvgIpc) is 3.17. The van der Waals surface area contributed by atoms with Gasteiger partial charge in [-0.25, -0.2) is 4.79 Å². The molecule has 0 radical (unpaired) electrons. The number of phenolic OH excluding ortho intramolecular Hbond substituents is 1. The van der Waals surface area contributed by atoms with Crippen LogP contribution in [0, 0.1) is 13.8 Å². The predicted octanol–water partition coefficient (Wildman–Crippen LogP) is 4.41. The number of carboxylic acids is 1. The second kappa shape index (κ2) is 9.32. The maximum absolute atomic E-state index is 13.0. The molecule has 0 aliphatic carbocycles. The van der Waals surface area contributed by atoms with Gasteiger partial charge in [0.15, 0.2) is 5.71 Å². The first-order chi connectivity index (χ1) is 18.2. The Kier molecular flexibility index (Phi) is 6.00. The SMILES string of the molecule is CC1=NN(c2ccc(C)c(C)c2)C(=O)C1=NNc1cccc(-c2ccc3c(=O)c(C(=O)O)c[nH]c3c2)c1O. The van der Waals surface area contributed by atoms with Crippen molar-refractivity contribution in [2.75, 3.05) is 10.4 Å². The third-order valence-corrected chi connectivity index (χ3v) is 6.47. The van der Waals surface area contributed by atoms with Crippen molar-refractivity contribution in [1.29, 1.82) is 0 Å².